The number of aldehydes is 1. The fraction of sp³-hybridized carbons (Fsp3) is 0.400. The standard InChI is InChI=1S/C22H25N5O3.C13H18BrN3O2Si/c1-14(2)18(22(29)27-10-6-7-11-27)26-21(28)16-12-23-20-19(16)25-17(13-24-20)30-15-8-4-3-5-9-15;1-20(2,3)5-4-19-9-17-7-10(8-18)12-13(17)15-6-11(14)16-12/h3-5,8-9,12-14,18H,6-7,10-11H2,1-2H3,(H,23,24)(H,26,28);6-8H,4-5,9H2,1-3H3/t18-;/m1./s1. The molecule has 0 unspecified atom stereocenters. The van der Waals surface area contributed by atoms with Gasteiger partial charge in [-0.2, -0.15) is 0 Å². The molecule has 5 aromatic rings. The highest BCUT2D eigenvalue weighted by Crippen LogP contribution is 2.23. The van der Waals surface area contributed by atoms with Gasteiger partial charge in [0, 0.05) is 40.2 Å². The van der Waals surface area contributed by atoms with Gasteiger partial charge >= 0.3 is 0 Å². The molecule has 2 amide bonds. The Morgan fingerprint density at radius 2 is 1.80 bits per heavy atom. The van der Waals surface area contributed by atoms with Crippen LogP contribution in [0, 0.1) is 5.92 Å². The lowest BCUT2D eigenvalue weighted by Crippen LogP contribution is -2.50. The number of carbonyl (C=O) groups is 3. The molecule has 0 bridgehead atoms. The highest BCUT2D eigenvalue weighted by Gasteiger charge is 2.31. The van der Waals surface area contributed by atoms with Crippen molar-refractivity contribution in [3.8, 4) is 11.6 Å². The summed E-state index contributed by atoms with van der Waals surface area (Å²) in [6.45, 7) is 13.4. The molecule has 0 spiro atoms. The summed E-state index contributed by atoms with van der Waals surface area (Å²) in [5, 5.41) is 2.90. The van der Waals surface area contributed by atoms with Gasteiger partial charge in [-0.3, -0.25) is 14.4 Å². The number of H-pyrrole nitrogens is 1. The van der Waals surface area contributed by atoms with E-state index in [-0.39, 0.29) is 23.6 Å². The van der Waals surface area contributed by atoms with Gasteiger partial charge in [-0.25, -0.2) is 19.9 Å². The van der Waals surface area contributed by atoms with Crippen LogP contribution in [0.5, 0.6) is 11.6 Å². The summed E-state index contributed by atoms with van der Waals surface area (Å²) in [6.07, 6.45) is 9.22. The summed E-state index contributed by atoms with van der Waals surface area (Å²) < 4.78 is 13.9. The zero-order valence-corrected chi connectivity index (χ0v) is 31.6. The molecule has 1 fully saturated rings. The van der Waals surface area contributed by atoms with Crippen molar-refractivity contribution in [2.75, 3.05) is 19.7 Å². The van der Waals surface area contributed by atoms with E-state index in [9.17, 15) is 14.4 Å². The topological polar surface area (TPSA) is 157 Å². The average Bonchev–Trinajstić information content (AvgIpc) is 3.85. The number of halogens is 1. The van der Waals surface area contributed by atoms with Gasteiger partial charge in [0.25, 0.3) is 5.91 Å². The fourth-order valence-electron chi connectivity index (χ4n) is 5.35. The Morgan fingerprint density at radius 3 is 2.48 bits per heavy atom. The first-order valence-electron chi connectivity index (χ1n) is 16.6. The van der Waals surface area contributed by atoms with Crippen LogP contribution in [0.2, 0.25) is 25.7 Å². The zero-order chi connectivity index (χ0) is 35.8. The lowest BCUT2D eigenvalue weighted by molar-refractivity contribution is -0.133. The molecule has 1 saturated heterocycles. The van der Waals surface area contributed by atoms with Gasteiger partial charge in [0.1, 0.15) is 34.2 Å². The summed E-state index contributed by atoms with van der Waals surface area (Å²) in [4.78, 5) is 59.1. The van der Waals surface area contributed by atoms with E-state index < -0.39 is 14.1 Å². The normalized spacial score (nSPS) is 13.7. The molecule has 4 aromatic heterocycles. The van der Waals surface area contributed by atoms with Crippen LogP contribution >= 0.6 is 15.9 Å². The molecule has 0 radical (unpaired) electrons. The van der Waals surface area contributed by atoms with E-state index in [1.165, 1.54) is 6.20 Å². The number of ether oxygens (including phenoxy) is 2. The second kappa shape index (κ2) is 16.5. The highest BCUT2D eigenvalue weighted by molar-refractivity contribution is 9.10. The number of benzene rings is 1. The Labute approximate surface area is 300 Å². The first-order chi connectivity index (χ1) is 23.9. The van der Waals surface area contributed by atoms with E-state index in [0.29, 0.717) is 50.5 Å². The fourth-order valence-corrected chi connectivity index (χ4v) is 6.39. The Hall–Kier alpha value is -4.47. The maximum absolute atomic E-state index is 13.0. The second-order valence-electron chi connectivity index (χ2n) is 13.6. The summed E-state index contributed by atoms with van der Waals surface area (Å²) in [7, 11) is -1.08. The van der Waals surface area contributed by atoms with Crippen LogP contribution in [0.1, 0.15) is 47.4 Å². The number of nitrogens with one attached hydrogen (secondary N) is 2. The predicted molar refractivity (Wildman–Crippen MR) is 197 cm³/mol. The van der Waals surface area contributed by atoms with Crippen molar-refractivity contribution in [2.45, 2.75) is 65.1 Å². The van der Waals surface area contributed by atoms with Crippen LogP contribution in [-0.2, 0) is 16.3 Å². The smallest absolute Gasteiger partial charge is 0.255 e. The number of carbonyl (C=O) groups excluding carboxylic acids is 3. The van der Waals surface area contributed by atoms with Gasteiger partial charge < -0.3 is 29.2 Å². The molecule has 2 N–H and O–H groups in total. The van der Waals surface area contributed by atoms with E-state index in [1.54, 1.807) is 18.6 Å². The van der Waals surface area contributed by atoms with Crippen molar-refractivity contribution in [1.29, 1.82) is 0 Å². The minimum absolute atomic E-state index is 0.0321. The van der Waals surface area contributed by atoms with Crippen molar-refractivity contribution in [2.24, 2.45) is 5.92 Å². The van der Waals surface area contributed by atoms with E-state index in [2.05, 4.69) is 65.8 Å². The molecular weight excluding hydrogens is 720 g/mol. The van der Waals surface area contributed by atoms with Crippen LogP contribution in [0.15, 0.2) is 59.7 Å². The van der Waals surface area contributed by atoms with Crippen LogP contribution in [0.25, 0.3) is 22.3 Å². The Bertz CT molecular complexity index is 1940. The van der Waals surface area contributed by atoms with E-state index in [4.69, 9.17) is 9.47 Å². The Kier molecular flexibility index (Phi) is 12.1. The number of fused-ring (bicyclic) bond motifs is 2. The van der Waals surface area contributed by atoms with Gasteiger partial charge in [-0.05, 0) is 52.9 Å². The summed E-state index contributed by atoms with van der Waals surface area (Å²) in [5.74, 6) is 0.489. The van der Waals surface area contributed by atoms with Crippen LogP contribution in [0.4, 0.5) is 0 Å². The molecule has 0 saturated carbocycles. The number of hydrogen-bond acceptors (Lipinski definition) is 9. The third-order valence-corrected chi connectivity index (χ3v) is 10.2. The van der Waals surface area contributed by atoms with Crippen molar-refractivity contribution < 1.29 is 23.9 Å². The third-order valence-electron chi connectivity index (χ3n) is 8.12. The summed E-state index contributed by atoms with van der Waals surface area (Å²) in [5.41, 5.74) is 3.01. The number of rotatable bonds is 12. The molecule has 5 heterocycles. The molecule has 1 atom stereocenters. The van der Waals surface area contributed by atoms with Gasteiger partial charge in [-0.1, -0.05) is 51.7 Å². The molecule has 1 aliphatic heterocycles. The molecule has 6 rings (SSSR count). The van der Waals surface area contributed by atoms with Crippen molar-refractivity contribution in [3.05, 3.63) is 70.8 Å². The van der Waals surface area contributed by atoms with Gasteiger partial charge in [0.15, 0.2) is 17.6 Å². The van der Waals surface area contributed by atoms with E-state index >= 15 is 0 Å². The maximum atomic E-state index is 13.0. The van der Waals surface area contributed by atoms with Crippen molar-refractivity contribution in [1.82, 2.24) is 39.7 Å². The molecule has 50 heavy (non-hydrogen) atoms. The lowest BCUT2D eigenvalue weighted by atomic mass is 10.0. The second-order valence-corrected chi connectivity index (χ2v) is 20.1. The maximum Gasteiger partial charge on any atom is 0.255 e. The minimum Gasteiger partial charge on any atom is -0.437 e. The van der Waals surface area contributed by atoms with Crippen molar-refractivity contribution in [3.63, 3.8) is 0 Å². The number of hydrogen-bond donors (Lipinski definition) is 2. The van der Waals surface area contributed by atoms with Crippen LogP contribution in [0.3, 0.4) is 0 Å². The Balaban J connectivity index is 0.000000211. The molecule has 13 nitrogen and oxygen atoms in total. The van der Waals surface area contributed by atoms with Gasteiger partial charge in [-0.15, -0.1) is 0 Å². The molecule has 264 valence electrons. The number of likely N-dealkylation sites (tertiary alicyclic amines) is 1. The monoisotopic (exact) mass is 762 g/mol. The number of para-hydroxylation sites is 1. The van der Waals surface area contributed by atoms with E-state index in [0.717, 1.165) is 44.9 Å². The van der Waals surface area contributed by atoms with Crippen LogP contribution in [-0.4, -0.2) is 86.3 Å². The molecule has 1 aromatic carbocycles. The number of amides is 2. The predicted octanol–water partition coefficient (Wildman–Crippen LogP) is 6.45. The highest BCUT2D eigenvalue weighted by atomic mass is 79.9. The number of aromatic amines is 1. The van der Waals surface area contributed by atoms with Crippen LogP contribution < -0.4 is 10.1 Å². The zero-order valence-electron chi connectivity index (χ0n) is 29.0. The number of aromatic nitrogens is 6. The first kappa shape index (κ1) is 36.8. The van der Waals surface area contributed by atoms with Gasteiger partial charge in [0.2, 0.25) is 11.8 Å². The van der Waals surface area contributed by atoms with Crippen molar-refractivity contribution >= 4 is 64.4 Å². The quantitative estimate of drug-likeness (QED) is 0.0829. The Morgan fingerprint density at radius 1 is 1.06 bits per heavy atom. The molecule has 15 heteroatoms. The first-order valence-corrected chi connectivity index (χ1v) is 21.1. The largest absolute Gasteiger partial charge is 0.437 e. The third kappa shape index (κ3) is 9.40. The minimum atomic E-state index is -1.08. The number of nitrogens with zero attached hydrogens (tertiary/aromatic N) is 6. The SMILES string of the molecule is CC(C)[C@@H](NC(=O)c1c[nH]c2ncc(Oc3ccccc3)nc12)C(=O)N1CCCC1.C[Si](C)(C)CCOCn1cc(C=O)c2nc(Br)cnc21. The molecular formula is C35H43BrN8O5Si. The molecule has 0 aliphatic carbocycles. The summed E-state index contributed by atoms with van der Waals surface area (Å²) in [6, 6.07) is 9.77. The lowest BCUT2D eigenvalue weighted by Gasteiger charge is -2.26. The summed E-state index contributed by atoms with van der Waals surface area (Å²) >= 11 is 3.27. The molecule has 1 aliphatic rings. The van der Waals surface area contributed by atoms with Gasteiger partial charge in [0.05, 0.1) is 23.5 Å². The van der Waals surface area contributed by atoms with E-state index in [1.807, 2.05) is 53.6 Å². The average molecular weight is 764 g/mol.